The maximum atomic E-state index is 10.0. The minimum atomic E-state index is -2.27. The van der Waals surface area contributed by atoms with Crippen molar-refractivity contribution in [2.45, 2.75) is 42.7 Å². The molecule has 0 unspecified atom stereocenters. The van der Waals surface area contributed by atoms with E-state index >= 15 is 0 Å². The van der Waals surface area contributed by atoms with Gasteiger partial charge < -0.3 is 56.0 Å². The molecule has 1 aromatic carbocycles. The van der Waals surface area contributed by atoms with Gasteiger partial charge in [-0.25, -0.2) is 14.6 Å². The van der Waals surface area contributed by atoms with Crippen LogP contribution in [0.5, 0.6) is 0 Å². The molecule has 7 atom stereocenters. The standard InChI is InChI=1S/C13H18N2O6.C4H6O6/c16-5-8(17)9(18)10(19)11(20)12(21)13-14-6-3-1-2-4-7(6)15-13;5-1(3(7)8)2(6)4(9)10/h1-4,8-12,16-21H,5H2,(H,14,15);1-2,5-6H,(H,7,8)(H,9,10)/t8-,9-,10+,11-,12-;1-,2-/m10/s1. The third kappa shape index (κ3) is 6.91. The molecule has 0 fully saturated rings. The van der Waals surface area contributed by atoms with Crippen molar-refractivity contribution in [2.75, 3.05) is 6.61 Å². The Kier molecular flexibility index (Phi) is 9.89. The highest BCUT2D eigenvalue weighted by atomic mass is 16.4. The van der Waals surface area contributed by atoms with E-state index in [1.165, 1.54) is 0 Å². The van der Waals surface area contributed by atoms with Gasteiger partial charge in [-0.15, -0.1) is 0 Å². The van der Waals surface area contributed by atoms with Gasteiger partial charge in [-0.2, -0.15) is 0 Å². The molecule has 0 aliphatic heterocycles. The minimum Gasteiger partial charge on any atom is -0.479 e. The van der Waals surface area contributed by atoms with E-state index in [4.69, 9.17) is 25.5 Å². The predicted molar refractivity (Wildman–Crippen MR) is 99.5 cm³/mol. The van der Waals surface area contributed by atoms with Gasteiger partial charge in [0.2, 0.25) is 0 Å². The van der Waals surface area contributed by atoms with Gasteiger partial charge in [0.1, 0.15) is 36.3 Å². The molecule has 31 heavy (non-hydrogen) atoms. The van der Waals surface area contributed by atoms with Gasteiger partial charge in [0.25, 0.3) is 0 Å². The van der Waals surface area contributed by atoms with Gasteiger partial charge in [0.15, 0.2) is 12.2 Å². The molecule has 14 heteroatoms. The fourth-order valence-corrected chi connectivity index (χ4v) is 2.27. The first-order chi connectivity index (χ1) is 14.4. The van der Waals surface area contributed by atoms with Gasteiger partial charge in [-0.1, -0.05) is 12.1 Å². The molecule has 2 rings (SSSR count). The van der Waals surface area contributed by atoms with E-state index in [0.717, 1.165) is 0 Å². The summed E-state index contributed by atoms with van der Waals surface area (Å²) in [6.45, 7) is -0.786. The number of nitrogens with one attached hydrogen (secondary N) is 1. The van der Waals surface area contributed by atoms with Crippen molar-refractivity contribution in [1.82, 2.24) is 9.97 Å². The van der Waals surface area contributed by atoms with Crippen molar-refractivity contribution < 1.29 is 60.7 Å². The quantitative estimate of drug-likeness (QED) is 0.174. The second-order valence-electron chi connectivity index (χ2n) is 6.37. The second kappa shape index (κ2) is 11.6. The number of carboxylic acids is 2. The van der Waals surface area contributed by atoms with Crippen LogP contribution in [-0.4, -0.2) is 116 Å². The Labute approximate surface area is 173 Å². The monoisotopic (exact) mass is 448 g/mol. The van der Waals surface area contributed by atoms with Gasteiger partial charge in [-0.3, -0.25) is 0 Å². The number of nitrogens with zero attached hydrogens (tertiary/aromatic N) is 1. The number of aromatic amines is 1. The topological polar surface area (TPSA) is 265 Å². The van der Waals surface area contributed by atoms with Crippen LogP contribution in [0.2, 0.25) is 0 Å². The summed E-state index contributed by atoms with van der Waals surface area (Å²) in [7, 11) is 0. The number of aromatic nitrogens is 2. The SMILES string of the molecule is O=C(O)[C@@H](O)[C@H](O)C(=O)O.OC[C@@H](O)[C@@H](O)[C@H](O)[C@@H](O)[C@@H](O)c1nc2ccccc2[nH]1. The van der Waals surface area contributed by atoms with Crippen LogP contribution in [-0.2, 0) is 9.59 Å². The highest BCUT2D eigenvalue weighted by molar-refractivity contribution is 5.83. The van der Waals surface area contributed by atoms with Gasteiger partial charge in [-0.05, 0) is 12.1 Å². The molecular formula is C17H24N2O12. The number of H-pyrrole nitrogens is 1. The van der Waals surface area contributed by atoms with Crippen molar-refractivity contribution in [3.05, 3.63) is 30.1 Å². The van der Waals surface area contributed by atoms with E-state index in [0.29, 0.717) is 11.0 Å². The lowest BCUT2D eigenvalue weighted by Gasteiger charge is -2.27. The van der Waals surface area contributed by atoms with Crippen molar-refractivity contribution in [3.8, 4) is 0 Å². The Bertz CT molecular complexity index is 808. The van der Waals surface area contributed by atoms with E-state index in [1.807, 2.05) is 0 Å². The van der Waals surface area contributed by atoms with Crippen molar-refractivity contribution in [2.24, 2.45) is 0 Å². The third-order valence-corrected chi connectivity index (χ3v) is 4.10. The number of carboxylic acid groups (broad SMARTS) is 2. The molecule has 1 aromatic heterocycles. The number of aliphatic hydroxyl groups excluding tert-OH is 8. The number of carbonyl (C=O) groups is 2. The molecule has 0 saturated heterocycles. The molecule has 0 aliphatic carbocycles. The highest BCUT2D eigenvalue weighted by Gasteiger charge is 2.35. The Morgan fingerprint density at radius 3 is 1.81 bits per heavy atom. The van der Waals surface area contributed by atoms with Crippen molar-refractivity contribution >= 4 is 23.0 Å². The fourth-order valence-electron chi connectivity index (χ4n) is 2.27. The Morgan fingerprint density at radius 1 is 0.839 bits per heavy atom. The number of hydrogen-bond donors (Lipinski definition) is 11. The van der Waals surface area contributed by atoms with E-state index in [1.54, 1.807) is 24.3 Å². The van der Waals surface area contributed by atoms with Crippen LogP contribution >= 0.6 is 0 Å². The molecule has 2 aromatic rings. The smallest absolute Gasteiger partial charge is 0.335 e. The fraction of sp³-hybridized carbons (Fsp3) is 0.471. The number of fused-ring (bicyclic) bond motifs is 1. The molecular weight excluding hydrogens is 424 g/mol. The second-order valence-corrected chi connectivity index (χ2v) is 6.37. The summed E-state index contributed by atoms with van der Waals surface area (Å²) in [6, 6.07) is 6.95. The van der Waals surface area contributed by atoms with Crippen LogP contribution < -0.4 is 0 Å². The highest BCUT2D eigenvalue weighted by Crippen LogP contribution is 2.21. The number of benzene rings is 1. The molecule has 0 radical (unpaired) electrons. The molecule has 0 amide bonds. The summed E-state index contributed by atoms with van der Waals surface area (Å²) in [6.07, 6.45) is -13.2. The average Bonchev–Trinajstić information content (AvgIpc) is 3.19. The van der Waals surface area contributed by atoms with E-state index in [-0.39, 0.29) is 5.82 Å². The van der Waals surface area contributed by atoms with E-state index in [9.17, 15) is 35.1 Å². The zero-order valence-corrected chi connectivity index (χ0v) is 15.8. The zero-order valence-electron chi connectivity index (χ0n) is 15.8. The first kappa shape index (κ1) is 26.3. The first-order valence-electron chi connectivity index (χ1n) is 8.69. The molecule has 0 saturated carbocycles. The number of rotatable bonds is 9. The average molecular weight is 448 g/mol. The van der Waals surface area contributed by atoms with Crippen LogP contribution in [0.25, 0.3) is 11.0 Å². The van der Waals surface area contributed by atoms with Gasteiger partial charge >= 0.3 is 11.9 Å². The lowest BCUT2D eigenvalue weighted by Crippen LogP contribution is -2.47. The molecule has 0 bridgehead atoms. The van der Waals surface area contributed by atoms with Crippen LogP contribution in [0.3, 0.4) is 0 Å². The Balaban J connectivity index is 0.000000407. The minimum absolute atomic E-state index is 0.0217. The number of aliphatic carboxylic acids is 2. The summed E-state index contributed by atoms with van der Waals surface area (Å²) >= 11 is 0. The normalized spacial score (nSPS) is 18.1. The summed E-state index contributed by atoms with van der Waals surface area (Å²) < 4.78 is 0. The van der Waals surface area contributed by atoms with Crippen molar-refractivity contribution in [1.29, 1.82) is 0 Å². The van der Waals surface area contributed by atoms with Crippen LogP contribution in [0.15, 0.2) is 24.3 Å². The summed E-state index contributed by atoms with van der Waals surface area (Å²) in [5, 5.41) is 89.6. The largest absolute Gasteiger partial charge is 0.479 e. The molecule has 14 nitrogen and oxygen atoms in total. The molecule has 174 valence electrons. The number of para-hydroxylation sites is 2. The lowest BCUT2D eigenvalue weighted by molar-refractivity contribution is -0.165. The number of imidazole rings is 1. The van der Waals surface area contributed by atoms with Crippen molar-refractivity contribution in [3.63, 3.8) is 0 Å². The summed E-state index contributed by atoms with van der Waals surface area (Å²) in [5.41, 5.74) is 1.22. The van der Waals surface area contributed by atoms with E-state index < -0.39 is 61.3 Å². The van der Waals surface area contributed by atoms with Crippen LogP contribution in [0.1, 0.15) is 11.9 Å². The Morgan fingerprint density at radius 2 is 1.35 bits per heavy atom. The maximum Gasteiger partial charge on any atom is 0.335 e. The van der Waals surface area contributed by atoms with E-state index in [2.05, 4.69) is 9.97 Å². The van der Waals surface area contributed by atoms with Crippen LogP contribution in [0, 0.1) is 0 Å². The Hall–Kier alpha value is -2.69. The molecule has 0 spiro atoms. The lowest BCUT2D eigenvalue weighted by atomic mass is 9.99. The van der Waals surface area contributed by atoms with Crippen LogP contribution in [0.4, 0.5) is 0 Å². The predicted octanol–water partition coefficient (Wildman–Crippen LogP) is -4.09. The van der Waals surface area contributed by atoms with Gasteiger partial charge in [0.05, 0.1) is 17.6 Å². The molecule has 11 N–H and O–H groups in total. The first-order valence-corrected chi connectivity index (χ1v) is 8.69. The molecule has 1 heterocycles. The summed E-state index contributed by atoms with van der Waals surface area (Å²) in [5.74, 6) is -3.52. The zero-order chi connectivity index (χ0) is 23.9. The third-order valence-electron chi connectivity index (χ3n) is 4.10. The number of aliphatic hydroxyl groups is 8. The maximum absolute atomic E-state index is 10.0. The molecule has 0 aliphatic rings. The number of hydrogen-bond acceptors (Lipinski definition) is 11. The van der Waals surface area contributed by atoms with Gasteiger partial charge in [0, 0.05) is 0 Å². The summed E-state index contributed by atoms with van der Waals surface area (Å²) in [4.78, 5) is 26.4.